The maximum absolute atomic E-state index is 9.07. The van der Waals surface area contributed by atoms with Gasteiger partial charge in [0.25, 0.3) is 0 Å². The lowest BCUT2D eigenvalue weighted by atomic mass is 10.2. The summed E-state index contributed by atoms with van der Waals surface area (Å²) in [6.45, 7) is 0. The third-order valence-electron chi connectivity index (χ3n) is 2.21. The summed E-state index contributed by atoms with van der Waals surface area (Å²) in [6.07, 6.45) is 0.0405. The molecule has 1 aromatic heterocycles. The van der Waals surface area contributed by atoms with Crippen LogP contribution in [0.2, 0.25) is 0 Å². The second-order valence-corrected chi connectivity index (χ2v) is 4.36. The number of allylic oxidation sites excluding steroid dienone is 2. The number of rotatable bonds is 2. The molecule has 0 fully saturated rings. The standard InChI is InChI=1S/C12H8N4S/c13-6-5-9(15)8(7-14)12-16-10-3-1-2-4-11(10)17-12/h1-4H,5,15H2/b9-8+. The second-order valence-electron chi connectivity index (χ2n) is 3.33. The summed E-state index contributed by atoms with van der Waals surface area (Å²) >= 11 is 1.40. The summed E-state index contributed by atoms with van der Waals surface area (Å²) in [5.41, 5.74) is 7.10. The van der Waals surface area contributed by atoms with Gasteiger partial charge in [-0.2, -0.15) is 10.5 Å². The van der Waals surface area contributed by atoms with Crippen LogP contribution in [0.25, 0.3) is 15.8 Å². The lowest BCUT2D eigenvalue weighted by Crippen LogP contribution is -2.00. The normalized spacial score (nSPS) is 11.6. The van der Waals surface area contributed by atoms with E-state index in [0.717, 1.165) is 10.2 Å². The number of aromatic nitrogens is 1. The predicted molar refractivity (Wildman–Crippen MR) is 66.6 cm³/mol. The highest BCUT2D eigenvalue weighted by Crippen LogP contribution is 2.27. The number of benzene rings is 1. The number of fused-ring (bicyclic) bond motifs is 1. The van der Waals surface area contributed by atoms with Gasteiger partial charge in [0.15, 0.2) is 0 Å². The van der Waals surface area contributed by atoms with Gasteiger partial charge in [-0.25, -0.2) is 4.98 Å². The average molecular weight is 240 g/mol. The van der Waals surface area contributed by atoms with Gasteiger partial charge in [0.05, 0.1) is 22.7 Å². The van der Waals surface area contributed by atoms with Gasteiger partial charge in [0.2, 0.25) is 0 Å². The Labute approximate surface area is 102 Å². The quantitative estimate of drug-likeness (QED) is 0.816. The van der Waals surface area contributed by atoms with E-state index in [1.165, 1.54) is 11.3 Å². The van der Waals surface area contributed by atoms with Gasteiger partial charge >= 0.3 is 0 Å². The number of nitriles is 2. The van der Waals surface area contributed by atoms with Crippen LogP contribution in [0.5, 0.6) is 0 Å². The highest BCUT2D eigenvalue weighted by Gasteiger charge is 2.11. The Hall–Kier alpha value is -2.37. The van der Waals surface area contributed by atoms with Crippen molar-refractivity contribution in [2.24, 2.45) is 5.73 Å². The van der Waals surface area contributed by atoms with Crippen molar-refractivity contribution in [1.29, 1.82) is 10.5 Å². The first kappa shape index (κ1) is 11.1. The lowest BCUT2D eigenvalue weighted by molar-refractivity contribution is 1.17. The van der Waals surface area contributed by atoms with Crippen LogP contribution in [-0.4, -0.2) is 4.98 Å². The molecule has 0 aliphatic rings. The molecule has 2 N–H and O–H groups in total. The zero-order valence-corrected chi connectivity index (χ0v) is 9.66. The molecule has 0 atom stereocenters. The van der Waals surface area contributed by atoms with Crippen LogP contribution in [0.4, 0.5) is 0 Å². The molecule has 5 heteroatoms. The molecule has 17 heavy (non-hydrogen) atoms. The van der Waals surface area contributed by atoms with E-state index in [1.54, 1.807) is 0 Å². The molecule has 2 aromatic rings. The maximum Gasteiger partial charge on any atom is 0.137 e. The van der Waals surface area contributed by atoms with Crippen molar-refractivity contribution in [3.8, 4) is 12.1 Å². The van der Waals surface area contributed by atoms with E-state index in [2.05, 4.69) is 4.98 Å². The van der Waals surface area contributed by atoms with Crippen LogP contribution in [0.1, 0.15) is 11.4 Å². The third-order valence-corrected chi connectivity index (χ3v) is 3.26. The fourth-order valence-electron chi connectivity index (χ4n) is 1.41. The van der Waals surface area contributed by atoms with Crippen molar-refractivity contribution >= 4 is 27.1 Å². The number of hydrogen-bond donors (Lipinski definition) is 1. The third kappa shape index (κ3) is 2.10. The Morgan fingerprint density at radius 3 is 2.76 bits per heavy atom. The molecule has 82 valence electrons. The lowest BCUT2D eigenvalue weighted by Gasteiger charge is -1.96. The van der Waals surface area contributed by atoms with Crippen LogP contribution in [0, 0.1) is 22.7 Å². The number of nitrogens with zero attached hydrogens (tertiary/aromatic N) is 3. The largest absolute Gasteiger partial charge is 0.400 e. The fourth-order valence-corrected chi connectivity index (χ4v) is 2.41. The van der Waals surface area contributed by atoms with E-state index in [0.29, 0.717) is 10.6 Å². The zero-order chi connectivity index (χ0) is 12.3. The van der Waals surface area contributed by atoms with Crippen molar-refractivity contribution < 1.29 is 0 Å². The Balaban J connectivity index is 2.56. The first-order valence-electron chi connectivity index (χ1n) is 4.88. The molecule has 0 aliphatic heterocycles. The average Bonchev–Trinajstić information content (AvgIpc) is 2.73. The smallest absolute Gasteiger partial charge is 0.137 e. The molecular formula is C12H8N4S. The topological polar surface area (TPSA) is 86.5 Å². The molecule has 0 aliphatic carbocycles. The van der Waals surface area contributed by atoms with Crippen molar-refractivity contribution in [1.82, 2.24) is 4.98 Å². The minimum Gasteiger partial charge on any atom is -0.400 e. The van der Waals surface area contributed by atoms with Crippen LogP contribution < -0.4 is 5.73 Å². The molecule has 0 radical (unpaired) electrons. The maximum atomic E-state index is 9.07. The van der Waals surface area contributed by atoms with E-state index >= 15 is 0 Å². The van der Waals surface area contributed by atoms with Gasteiger partial charge in [-0.15, -0.1) is 11.3 Å². The summed E-state index contributed by atoms with van der Waals surface area (Å²) in [4.78, 5) is 4.34. The summed E-state index contributed by atoms with van der Waals surface area (Å²) in [5.74, 6) is 0. The van der Waals surface area contributed by atoms with E-state index in [1.807, 2.05) is 36.4 Å². The van der Waals surface area contributed by atoms with Gasteiger partial charge in [0, 0.05) is 5.70 Å². The van der Waals surface area contributed by atoms with Gasteiger partial charge in [-0.3, -0.25) is 0 Å². The van der Waals surface area contributed by atoms with Crippen molar-refractivity contribution in [3.63, 3.8) is 0 Å². The van der Waals surface area contributed by atoms with Crippen LogP contribution in [-0.2, 0) is 0 Å². The number of thiazole rings is 1. The molecule has 0 unspecified atom stereocenters. The number of hydrogen-bond acceptors (Lipinski definition) is 5. The van der Waals surface area contributed by atoms with Gasteiger partial charge in [-0.05, 0) is 12.1 Å². The predicted octanol–water partition coefficient (Wildman–Crippen LogP) is 2.40. The van der Waals surface area contributed by atoms with Crippen molar-refractivity contribution in [2.45, 2.75) is 6.42 Å². The van der Waals surface area contributed by atoms with Gasteiger partial charge in [-0.1, -0.05) is 12.1 Å². The van der Waals surface area contributed by atoms with E-state index in [9.17, 15) is 0 Å². The summed E-state index contributed by atoms with van der Waals surface area (Å²) in [7, 11) is 0. The zero-order valence-electron chi connectivity index (χ0n) is 8.84. The second kappa shape index (κ2) is 4.65. The highest BCUT2D eigenvalue weighted by atomic mass is 32.1. The fraction of sp³-hybridized carbons (Fsp3) is 0.0833. The molecule has 0 amide bonds. The molecule has 0 bridgehead atoms. The summed E-state index contributed by atoms with van der Waals surface area (Å²) in [6, 6.07) is 11.6. The molecule has 1 heterocycles. The van der Waals surface area contributed by atoms with Gasteiger partial charge < -0.3 is 5.73 Å². The Bertz CT molecular complexity index is 637. The summed E-state index contributed by atoms with van der Waals surface area (Å²) < 4.78 is 1.00. The molecule has 4 nitrogen and oxygen atoms in total. The van der Waals surface area contributed by atoms with Crippen LogP contribution >= 0.6 is 11.3 Å². The van der Waals surface area contributed by atoms with E-state index in [4.69, 9.17) is 16.3 Å². The Morgan fingerprint density at radius 1 is 1.35 bits per heavy atom. The molecule has 0 spiro atoms. The molecule has 2 rings (SSSR count). The number of nitrogens with two attached hydrogens (primary N) is 1. The highest BCUT2D eigenvalue weighted by molar-refractivity contribution is 7.19. The summed E-state index contributed by atoms with van der Waals surface area (Å²) in [5, 5.41) is 18.2. The molecule has 1 aromatic carbocycles. The molecule has 0 saturated carbocycles. The van der Waals surface area contributed by atoms with E-state index < -0.39 is 0 Å². The Kier molecular flexibility index (Phi) is 3.04. The minimum absolute atomic E-state index is 0.0405. The number of para-hydroxylation sites is 1. The minimum atomic E-state index is 0.0405. The monoisotopic (exact) mass is 240 g/mol. The van der Waals surface area contributed by atoms with E-state index in [-0.39, 0.29) is 12.1 Å². The van der Waals surface area contributed by atoms with Crippen LogP contribution in [0.15, 0.2) is 30.0 Å². The SMILES string of the molecule is N#CC/C(N)=C(/C#N)c1nc2ccccc2s1. The molecule has 0 saturated heterocycles. The van der Waals surface area contributed by atoms with Crippen molar-refractivity contribution in [2.75, 3.05) is 0 Å². The van der Waals surface area contributed by atoms with Crippen molar-refractivity contribution in [3.05, 3.63) is 35.0 Å². The first-order chi connectivity index (χ1) is 8.26. The first-order valence-corrected chi connectivity index (χ1v) is 5.69. The van der Waals surface area contributed by atoms with Gasteiger partial charge in [0.1, 0.15) is 16.6 Å². The van der Waals surface area contributed by atoms with Crippen LogP contribution in [0.3, 0.4) is 0 Å². The Morgan fingerprint density at radius 2 is 2.12 bits per heavy atom. The molecular weight excluding hydrogens is 232 g/mol.